The van der Waals surface area contributed by atoms with Crippen molar-refractivity contribution < 1.29 is 13.2 Å². The van der Waals surface area contributed by atoms with Crippen molar-refractivity contribution in [2.24, 2.45) is 5.92 Å². The highest BCUT2D eigenvalue weighted by atomic mass is 35.5. The molecule has 96 valence electrons. The molecule has 0 N–H and O–H groups in total. The van der Waals surface area contributed by atoms with Gasteiger partial charge in [0.1, 0.15) is 0 Å². The molecular formula is C9H11ClF3N3S. The van der Waals surface area contributed by atoms with Crippen LogP contribution < -0.4 is 4.90 Å². The fourth-order valence-electron chi connectivity index (χ4n) is 1.75. The van der Waals surface area contributed by atoms with E-state index in [0.29, 0.717) is 17.6 Å². The fourth-order valence-corrected chi connectivity index (χ4v) is 2.91. The van der Waals surface area contributed by atoms with Gasteiger partial charge in [-0.3, -0.25) is 0 Å². The number of hydrogen-bond donors (Lipinski definition) is 0. The molecule has 0 atom stereocenters. The molecule has 0 aliphatic heterocycles. The van der Waals surface area contributed by atoms with Crippen LogP contribution in [-0.2, 0) is 6.18 Å². The number of aromatic nitrogens is 2. The fraction of sp³-hybridized carbons (Fsp3) is 0.778. The Morgan fingerprint density at radius 2 is 2.12 bits per heavy atom. The second-order valence-electron chi connectivity index (χ2n) is 4.21. The Balaban J connectivity index is 1.95. The first-order valence-corrected chi connectivity index (χ1v) is 6.33. The lowest BCUT2D eigenvalue weighted by Gasteiger charge is -2.33. The largest absolute Gasteiger partial charge is 0.452 e. The van der Waals surface area contributed by atoms with Gasteiger partial charge in [0.15, 0.2) is 0 Å². The summed E-state index contributed by atoms with van der Waals surface area (Å²) in [5.74, 6) is -0.617. The summed E-state index contributed by atoms with van der Waals surface area (Å²) in [5, 5.41) is 0.518. The van der Waals surface area contributed by atoms with E-state index in [9.17, 15) is 13.2 Å². The zero-order valence-corrected chi connectivity index (χ0v) is 10.6. The van der Waals surface area contributed by atoms with E-state index in [1.807, 2.05) is 0 Å². The van der Waals surface area contributed by atoms with Crippen LogP contribution in [0.5, 0.6) is 0 Å². The molecule has 1 saturated carbocycles. The quantitative estimate of drug-likeness (QED) is 0.800. The zero-order valence-electron chi connectivity index (χ0n) is 9.04. The predicted molar refractivity (Wildman–Crippen MR) is 60.5 cm³/mol. The first kappa shape index (κ1) is 12.9. The van der Waals surface area contributed by atoms with E-state index in [0.717, 1.165) is 24.4 Å². The minimum Gasteiger partial charge on any atom is -0.350 e. The topological polar surface area (TPSA) is 29.0 Å². The Morgan fingerprint density at radius 1 is 1.47 bits per heavy atom. The van der Waals surface area contributed by atoms with Crippen molar-refractivity contribution in [3.05, 3.63) is 5.82 Å². The Kier molecular flexibility index (Phi) is 3.49. The van der Waals surface area contributed by atoms with Crippen molar-refractivity contribution in [2.45, 2.75) is 24.4 Å². The minimum atomic E-state index is -4.46. The Morgan fingerprint density at radius 3 is 2.59 bits per heavy atom. The van der Waals surface area contributed by atoms with Gasteiger partial charge >= 0.3 is 6.18 Å². The van der Waals surface area contributed by atoms with Crippen LogP contribution in [0.4, 0.5) is 18.3 Å². The molecule has 0 amide bonds. The number of rotatable bonds is 3. The maximum atomic E-state index is 12.3. The van der Waals surface area contributed by atoms with E-state index in [1.54, 1.807) is 11.9 Å². The van der Waals surface area contributed by atoms with E-state index in [2.05, 4.69) is 9.36 Å². The summed E-state index contributed by atoms with van der Waals surface area (Å²) < 4.78 is 40.2. The Hall–Kier alpha value is -0.560. The highest BCUT2D eigenvalue weighted by Gasteiger charge is 2.37. The molecule has 0 radical (unpaired) electrons. The van der Waals surface area contributed by atoms with E-state index in [-0.39, 0.29) is 5.38 Å². The minimum absolute atomic E-state index is 0.216. The summed E-state index contributed by atoms with van der Waals surface area (Å²) in [6, 6.07) is 0. The van der Waals surface area contributed by atoms with Gasteiger partial charge in [0.2, 0.25) is 11.0 Å². The van der Waals surface area contributed by atoms with Crippen molar-refractivity contribution in [3.63, 3.8) is 0 Å². The highest BCUT2D eigenvalue weighted by molar-refractivity contribution is 7.09. The van der Waals surface area contributed by atoms with Gasteiger partial charge in [0, 0.05) is 30.5 Å². The van der Waals surface area contributed by atoms with Crippen LogP contribution >= 0.6 is 23.1 Å². The van der Waals surface area contributed by atoms with Crippen LogP contribution in [0.3, 0.4) is 0 Å². The summed E-state index contributed by atoms with van der Waals surface area (Å²) in [6.45, 7) is 0.676. The SMILES string of the molecule is CN(CC1CC(Cl)C1)c1nc(C(F)(F)F)ns1. The molecule has 0 unspecified atom stereocenters. The molecule has 1 aliphatic rings. The third-order valence-corrected chi connectivity index (χ3v) is 3.89. The third kappa shape index (κ3) is 3.01. The lowest BCUT2D eigenvalue weighted by Crippen LogP contribution is -2.34. The summed E-state index contributed by atoms with van der Waals surface area (Å²) in [5.41, 5.74) is 0. The summed E-state index contributed by atoms with van der Waals surface area (Å²) in [4.78, 5) is 5.20. The molecule has 1 aromatic rings. The molecule has 1 aliphatic carbocycles. The number of anilines is 1. The van der Waals surface area contributed by atoms with Gasteiger partial charge in [-0.25, -0.2) is 0 Å². The molecule has 1 aromatic heterocycles. The van der Waals surface area contributed by atoms with Crippen LogP contribution in [0.1, 0.15) is 18.7 Å². The molecule has 0 spiro atoms. The van der Waals surface area contributed by atoms with Gasteiger partial charge < -0.3 is 4.90 Å². The summed E-state index contributed by atoms with van der Waals surface area (Å²) >= 11 is 6.62. The Labute approximate surface area is 106 Å². The standard InChI is InChI=1S/C9H11ClF3N3S/c1-16(4-5-2-6(10)3-5)8-14-7(15-17-8)9(11,12)13/h5-6H,2-4H2,1H3. The molecule has 8 heteroatoms. The average Bonchev–Trinajstić information content (AvgIpc) is 2.63. The number of hydrogen-bond acceptors (Lipinski definition) is 4. The molecule has 1 fully saturated rings. The maximum absolute atomic E-state index is 12.3. The van der Waals surface area contributed by atoms with E-state index in [1.165, 1.54) is 0 Å². The number of nitrogens with zero attached hydrogens (tertiary/aromatic N) is 3. The highest BCUT2D eigenvalue weighted by Crippen LogP contribution is 2.34. The zero-order chi connectivity index (χ0) is 12.6. The van der Waals surface area contributed by atoms with Crippen molar-refractivity contribution in [1.82, 2.24) is 9.36 Å². The number of halogens is 4. The molecule has 2 rings (SSSR count). The maximum Gasteiger partial charge on any atom is 0.452 e. The number of alkyl halides is 4. The van der Waals surface area contributed by atoms with Crippen LogP contribution in [0, 0.1) is 5.92 Å². The molecule has 0 saturated heterocycles. The van der Waals surface area contributed by atoms with E-state index in [4.69, 9.17) is 11.6 Å². The summed E-state index contributed by atoms with van der Waals surface area (Å²) in [6.07, 6.45) is -2.64. The van der Waals surface area contributed by atoms with Gasteiger partial charge in [-0.05, 0) is 18.8 Å². The average molecular weight is 286 g/mol. The van der Waals surface area contributed by atoms with Crippen molar-refractivity contribution >= 4 is 28.3 Å². The molecule has 0 aromatic carbocycles. The van der Waals surface area contributed by atoms with Gasteiger partial charge in [0.05, 0.1) is 0 Å². The molecule has 3 nitrogen and oxygen atoms in total. The van der Waals surface area contributed by atoms with Gasteiger partial charge in [-0.15, -0.1) is 11.6 Å². The van der Waals surface area contributed by atoms with Crippen LogP contribution in [0.2, 0.25) is 0 Å². The van der Waals surface area contributed by atoms with Crippen LogP contribution in [0.15, 0.2) is 0 Å². The van der Waals surface area contributed by atoms with Crippen LogP contribution in [0.25, 0.3) is 0 Å². The third-order valence-electron chi connectivity index (χ3n) is 2.71. The monoisotopic (exact) mass is 285 g/mol. The molecule has 0 bridgehead atoms. The second kappa shape index (κ2) is 4.61. The lowest BCUT2D eigenvalue weighted by molar-refractivity contribution is -0.144. The van der Waals surface area contributed by atoms with E-state index >= 15 is 0 Å². The second-order valence-corrected chi connectivity index (χ2v) is 5.56. The molecule has 1 heterocycles. The molecular weight excluding hydrogens is 275 g/mol. The van der Waals surface area contributed by atoms with Crippen molar-refractivity contribution in [1.29, 1.82) is 0 Å². The first-order valence-electron chi connectivity index (χ1n) is 5.12. The van der Waals surface area contributed by atoms with Crippen LogP contribution in [-0.4, -0.2) is 28.3 Å². The molecule has 17 heavy (non-hydrogen) atoms. The van der Waals surface area contributed by atoms with E-state index < -0.39 is 12.0 Å². The Bertz CT molecular complexity index is 389. The van der Waals surface area contributed by atoms with Gasteiger partial charge in [0.25, 0.3) is 0 Å². The predicted octanol–water partition coefficient (Wildman–Crippen LogP) is 3.01. The normalized spacial score (nSPS) is 24.5. The smallest absolute Gasteiger partial charge is 0.350 e. The lowest BCUT2D eigenvalue weighted by atomic mass is 9.84. The summed E-state index contributed by atoms with van der Waals surface area (Å²) in [7, 11) is 1.72. The first-order chi connectivity index (χ1) is 7.86. The van der Waals surface area contributed by atoms with Gasteiger partial charge in [-0.1, -0.05) is 0 Å². The van der Waals surface area contributed by atoms with Crippen molar-refractivity contribution in [3.8, 4) is 0 Å². The van der Waals surface area contributed by atoms with Crippen molar-refractivity contribution in [2.75, 3.05) is 18.5 Å². The van der Waals surface area contributed by atoms with Gasteiger partial charge in [-0.2, -0.15) is 22.5 Å².